The SMILES string of the molecule is CCC(=O)C[C@@H](Cc1ccc2ccccc2c1)C(=O)N[C@H](C(=O)C[C@@H](CCCCN)C(=O)Nc1ccccc1)[C@@H](C)CC. The van der Waals surface area contributed by atoms with Gasteiger partial charge < -0.3 is 16.4 Å². The molecule has 7 nitrogen and oxygen atoms in total. The number of carbonyl (C=O) groups excluding carboxylic acids is 4. The highest BCUT2D eigenvalue weighted by molar-refractivity contribution is 5.98. The number of Topliss-reactive ketones (excluding diaryl/α,β-unsaturated/α-hetero) is 2. The molecule has 0 saturated heterocycles. The number of rotatable bonds is 18. The van der Waals surface area contributed by atoms with Gasteiger partial charge in [0.15, 0.2) is 5.78 Å². The number of anilines is 1. The second kappa shape index (κ2) is 17.3. The van der Waals surface area contributed by atoms with Crippen molar-refractivity contribution >= 4 is 39.8 Å². The first kappa shape index (κ1) is 33.7. The Morgan fingerprint density at radius 2 is 1.49 bits per heavy atom. The van der Waals surface area contributed by atoms with Crippen LogP contribution in [-0.2, 0) is 25.6 Å². The first-order valence-electron chi connectivity index (χ1n) is 15.6. The summed E-state index contributed by atoms with van der Waals surface area (Å²) in [6, 6.07) is 22.5. The number of nitrogens with two attached hydrogens (primary N) is 1. The number of fused-ring (bicyclic) bond motifs is 1. The Hall–Kier alpha value is -3.84. The average Bonchev–Trinajstić information content (AvgIpc) is 3.02. The van der Waals surface area contributed by atoms with E-state index in [0.29, 0.717) is 37.9 Å². The van der Waals surface area contributed by atoms with Gasteiger partial charge in [0.05, 0.1) is 6.04 Å². The van der Waals surface area contributed by atoms with E-state index in [1.165, 1.54) is 0 Å². The van der Waals surface area contributed by atoms with Crippen molar-refractivity contribution in [3.63, 3.8) is 0 Å². The molecule has 7 heteroatoms. The topological polar surface area (TPSA) is 118 Å². The summed E-state index contributed by atoms with van der Waals surface area (Å²) in [4.78, 5) is 53.4. The summed E-state index contributed by atoms with van der Waals surface area (Å²) in [5.74, 6) is -1.97. The minimum Gasteiger partial charge on any atom is -0.346 e. The fraction of sp³-hybridized carbons (Fsp3) is 0.444. The van der Waals surface area contributed by atoms with E-state index >= 15 is 0 Å². The second-order valence-corrected chi connectivity index (χ2v) is 11.6. The molecule has 0 radical (unpaired) electrons. The standard InChI is InChI=1S/C36H47N3O4/c1-4-25(3)34(33(41)24-29(15-11-12-20-37)35(42)38-31-16-7-6-8-17-31)39-36(43)30(23-32(40)5-2)22-26-18-19-27-13-9-10-14-28(27)21-26/h6-10,13-14,16-19,21,25,29-30,34H,4-5,11-12,15,20,22-24,37H2,1-3H3,(H,38,42)(H,39,43)/t25-,29+,30+,34-/m0/s1. The van der Waals surface area contributed by atoms with Crippen molar-refractivity contribution in [2.75, 3.05) is 11.9 Å². The largest absolute Gasteiger partial charge is 0.346 e. The molecule has 3 aromatic carbocycles. The van der Waals surface area contributed by atoms with Gasteiger partial charge in [-0.05, 0) is 60.2 Å². The predicted octanol–water partition coefficient (Wildman–Crippen LogP) is 6.24. The molecule has 0 aliphatic heterocycles. The van der Waals surface area contributed by atoms with Crippen molar-refractivity contribution in [1.82, 2.24) is 5.32 Å². The van der Waals surface area contributed by atoms with Gasteiger partial charge in [-0.2, -0.15) is 0 Å². The quantitative estimate of drug-likeness (QED) is 0.153. The fourth-order valence-electron chi connectivity index (χ4n) is 5.37. The van der Waals surface area contributed by atoms with Crippen LogP contribution < -0.4 is 16.4 Å². The van der Waals surface area contributed by atoms with E-state index in [2.05, 4.69) is 16.7 Å². The summed E-state index contributed by atoms with van der Waals surface area (Å²) in [6.07, 6.45) is 3.55. The number of ketones is 2. The van der Waals surface area contributed by atoms with E-state index in [1.807, 2.05) is 80.6 Å². The van der Waals surface area contributed by atoms with Crippen molar-refractivity contribution < 1.29 is 19.2 Å². The van der Waals surface area contributed by atoms with Gasteiger partial charge in [0.1, 0.15) is 5.78 Å². The monoisotopic (exact) mass is 585 g/mol. The number of benzene rings is 3. The van der Waals surface area contributed by atoms with Crippen molar-refractivity contribution in [1.29, 1.82) is 0 Å². The van der Waals surface area contributed by atoms with Crippen LogP contribution in [0.15, 0.2) is 72.8 Å². The Morgan fingerprint density at radius 1 is 0.791 bits per heavy atom. The molecule has 0 bridgehead atoms. The Kier molecular flexibility index (Phi) is 13.6. The second-order valence-electron chi connectivity index (χ2n) is 11.6. The van der Waals surface area contributed by atoms with Gasteiger partial charge in [0, 0.05) is 36.8 Å². The highest BCUT2D eigenvalue weighted by Gasteiger charge is 2.32. The Balaban J connectivity index is 1.78. The smallest absolute Gasteiger partial charge is 0.227 e. The molecular formula is C36H47N3O4. The summed E-state index contributed by atoms with van der Waals surface area (Å²) in [7, 11) is 0. The van der Waals surface area contributed by atoms with Crippen LogP contribution in [0.25, 0.3) is 10.8 Å². The maximum Gasteiger partial charge on any atom is 0.227 e. The zero-order valence-electron chi connectivity index (χ0n) is 25.8. The molecule has 2 amide bonds. The molecule has 4 N–H and O–H groups in total. The highest BCUT2D eigenvalue weighted by atomic mass is 16.2. The van der Waals surface area contributed by atoms with E-state index in [-0.39, 0.29) is 42.1 Å². The summed E-state index contributed by atoms with van der Waals surface area (Å²) in [6.45, 7) is 6.22. The molecule has 0 aromatic heterocycles. The minimum absolute atomic E-state index is 0.00454. The lowest BCUT2D eigenvalue weighted by Crippen LogP contribution is -2.48. The molecule has 0 aliphatic rings. The molecule has 0 aliphatic carbocycles. The Bertz CT molecular complexity index is 1360. The summed E-state index contributed by atoms with van der Waals surface area (Å²) in [5.41, 5.74) is 7.33. The number of para-hydroxylation sites is 1. The van der Waals surface area contributed by atoms with Crippen LogP contribution >= 0.6 is 0 Å². The van der Waals surface area contributed by atoms with Crippen LogP contribution in [0.3, 0.4) is 0 Å². The lowest BCUT2D eigenvalue weighted by Gasteiger charge is -2.27. The third-order valence-corrected chi connectivity index (χ3v) is 8.26. The lowest BCUT2D eigenvalue weighted by atomic mass is 9.86. The molecule has 4 atom stereocenters. The third kappa shape index (κ3) is 10.4. The number of carbonyl (C=O) groups is 4. The zero-order chi connectivity index (χ0) is 31.2. The Labute approximate surface area is 256 Å². The van der Waals surface area contributed by atoms with Crippen LogP contribution in [-0.4, -0.2) is 36.0 Å². The van der Waals surface area contributed by atoms with E-state index in [9.17, 15) is 19.2 Å². The van der Waals surface area contributed by atoms with Gasteiger partial charge in [-0.1, -0.05) is 94.3 Å². The molecule has 0 heterocycles. The number of nitrogens with one attached hydrogen (secondary N) is 2. The third-order valence-electron chi connectivity index (χ3n) is 8.26. The van der Waals surface area contributed by atoms with Crippen molar-refractivity contribution in [2.45, 2.75) is 78.2 Å². The maximum atomic E-state index is 13.8. The van der Waals surface area contributed by atoms with Crippen LogP contribution in [0.1, 0.15) is 71.3 Å². The van der Waals surface area contributed by atoms with Crippen LogP contribution in [0.5, 0.6) is 0 Å². The molecule has 43 heavy (non-hydrogen) atoms. The number of unbranched alkanes of at least 4 members (excludes halogenated alkanes) is 1. The molecule has 230 valence electrons. The predicted molar refractivity (Wildman–Crippen MR) is 174 cm³/mol. The number of amides is 2. The fourth-order valence-corrected chi connectivity index (χ4v) is 5.37. The molecule has 3 rings (SSSR count). The first-order chi connectivity index (χ1) is 20.7. The van der Waals surface area contributed by atoms with Crippen molar-refractivity contribution in [2.24, 2.45) is 23.5 Å². The van der Waals surface area contributed by atoms with E-state index in [0.717, 1.165) is 29.2 Å². The molecular weight excluding hydrogens is 538 g/mol. The van der Waals surface area contributed by atoms with E-state index < -0.39 is 17.9 Å². The molecule has 3 aromatic rings. The average molecular weight is 586 g/mol. The lowest BCUT2D eigenvalue weighted by molar-refractivity contribution is -0.134. The normalized spacial score (nSPS) is 14.0. The molecule has 0 unspecified atom stereocenters. The zero-order valence-corrected chi connectivity index (χ0v) is 25.8. The highest BCUT2D eigenvalue weighted by Crippen LogP contribution is 2.23. The number of hydrogen-bond donors (Lipinski definition) is 3. The summed E-state index contributed by atoms with van der Waals surface area (Å²) >= 11 is 0. The van der Waals surface area contributed by atoms with Gasteiger partial charge >= 0.3 is 0 Å². The van der Waals surface area contributed by atoms with Crippen LogP contribution in [0, 0.1) is 17.8 Å². The van der Waals surface area contributed by atoms with Gasteiger partial charge in [0.2, 0.25) is 11.8 Å². The molecule has 0 spiro atoms. The maximum absolute atomic E-state index is 13.8. The van der Waals surface area contributed by atoms with Gasteiger partial charge in [-0.15, -0.1) is 0 Å². The Morgan fingerprint density at radius 3 is 2.16 bits per heavy atom. The summed E-state index contributed by atoms with van der Waals surface area (Å²) < 4.78 is 0. The molecule has 0 saturated carbocycles. The summed E-state index contributed by atoms with van der Waals surface area (Å²) in [5, 5.41) is 8.14. The van der Waals surface area contributed by atoms with Crippen LogP contribution in [0.4, 0.5) is 5.69 Å². The minimum atomic E-state index is -0.755. The molecule has 0 fully saturated rings. The van der Waals surface area contributed by atoms with Crippen molar-refractivity contribution in [3.8, 4) is 0 Å². The van der Waals surface area contributed by atoms with Gasteiger partial charge in [-0.3, -0.25) is 19.2 Å². The van der Waals surface area contributed by atoms with E-state index in [1.54, 1.807) is 6.92 Å². The first-order valence-corrected chi connectivity index (χ1v) is 15.6. The number of hydrogen-bond acceptors (Lipinski definition) is 5. The van der Waals surface area contributed by atoms with Gasteiger partial charge in [-0.25, -0.2) is 0 Å². The van der Waals surface area contributed by atoms with Gasteiger partial charge in [0.25, 0.3) is 0 Å². The van der Waals surface area contributed by atoms with Crippen molar-refractivity contribution in [3.05, 3.63) is 78.4 Å². The van der Waals surface area contributed by atoms with E-state index in [4.69, 9.17) is 5.73 Å². The van der Waals surface area contributed by atoms with Crippen LogP contribution in [0.2, 0.25) is 0 Å².